The number of rotatable bonds is 5. The van der Waals surface area contributed by atoms with E-state index in [4.69, 9.17) is 9.47 Å². The van der Waals surface area contributed by atoms with Gasteiger partial charge in [0.25, 0.3) is 0 Å². The second-order valence-corrected chi connectivity index (χ2v) is 5.10. The Kier molecular flexibility index (Phi) is 4.76. The van der Waals surface area contributed by atoms with Crippen LogP contribution in [0.25, 0.3) is 5.52 Å². The van der Waals surface area contributed by atoms with Gasteiger partial charge in [0.05, 0.1) is 24.3 Å². The molecule has 0 aliphatic carbocycles. The lowest BCUT2D eigenvalue weighted by molar-refractivity contribution is 0.0526. The van der Waals surface area contributed by atoms with E-state index in [9.17, 15) is 4.79 Å². The summed E-state index contributed by atoms with van der Waals surface area (Å²) in [4.78, 5) is 11.7. The smallest absolute Gasteiger partial charge is 0.339 e. The van der Waals surface area contributed by atoms with Crippen molar-refractivity contribution in [2.45, 2.75) is 6.92 Å². The number of esters is 1. The van der Waals surface area contributed by atoms with Crippen LogP contribution in [-0.2, 0) is 4.74 Å². The highest BCUT2D eigenvalue weighted by Crippen LogP contribution is 2.26. The molecule has 4 nitrogen and oxygen atoms in total. The molecule has 0 unspecified atom stereocenters. The lowest BCUT2D eigenvalue weighted by Crippen LogP contribution is -2.04. The van der Waals surface area contributed by atoms with E-state index in [1.54, 1.807) is 19.2 Å². The number of carbonyl (C=O) groups is 1. The lowest BCUT2D eigenvalue weighted by Gasteiger charge is -2.08. The minimum atomic E-state index is -0.335. The minimum Gasteiger partial charge on any atom is -0.478 e. The van der Waals surface area contributed by atoms with Gasteiger partial charge in [0.2, 0.25) is 0 Å². The van der Waals surface area contributed by atoms with Crippen LogP contribution in [0.4, 0.5) is 0 Å². The molecule has 0 spiro atoms. The predicted molar refractivity (Wildman–Crippen MR) is 80.4 cm³/mol. The van der Waals surface area contributed by atoms with Crippen molar-refractivity contribution in [1.29, 1.82) is 0 Å². The number of carbonyl (C=O) groups excluding carboxylic acids is 1. The number of hydrogen-bond acceptors (Lipinski definition) is 4. The van der Waals surface area contributed by atoms with E-state index < -0.39 is 0 Å². The number of ether oxygens (including phenoxy) is 2. The third kappa shape index (κ3) is 3.06. The molecule has 102 valence electrons. The quantitative estimate of drug-likeness (QED) is 0.669. The molecule has 0 aromatic carbocycles. The average molecular weight is 344 g/mol. The van der Waals surface area contributed by atoms with E-state index in [-0.39, 0.29) is 5.97 Å². The summed E-state index contributed by atoms with van der Waals surface area (Å²) >= 11 is 7.57. The van der Waals surface area contributed by atoms with Gasteiger partial charge in [0.1, 0.15) is 0 Å². The summed E-state index contributed by atoms with van der Waals surface area (Å²) in [6.45, 7) is 2.65. The Hall–Kier alpha value is -1.14. The van der Waals surface area contributed by atoms with Gasteiger partial charge >= 0.3 is 5.97 Å². The Morgan fingerprint density at radius 1 is 1.47 bits per heavy atom. The topological polar surface area (TPSA) is 39.9 Å². The van der Waals surface area contributed by atoms with E-state index in [0.717, 1.165) is 9.99 Å². The van der Waals surface area contributed by atoms with Crippen molar-refractivity contribution in [3.05, 3.63) is 34.4 Å². The fourth-order valence-corrected chi connectivity index (χ4v) is 2.26. The van der Waals surface area contributed by atoms with Crippen molar-refractivity contribution in [3.8, 4) is 5.88 Å². The molecule has 0 saturated carbocycles. The second-order valence-electron chi connectivity index (χ2n) is 3.80. The lowest BCUT2D eigenvalue weighted by atomic mass is 10.3. The van der Waals surface area contributed by atoms with Crippen molar-refractivity contribution >= 4 is 40.0 Å². The van der Waals surface area contributed by atoms with Gasteiger partial charge in [0.15, 0.2) is 5.88 Å². The van der Waals surface area contributed by atoms with Crippen LogP contribution in [0.2, 0.25) is 0 Å². The van der Waals surface area contributed by atoms with Gasteiger partial charge < -0.3 is 9.47 Å². The highest BCUT2D eigenvalue weighted by atomic mass is 79.9. The highest BCUT2D eigenvalue weighted by molar-refractivity contribution is 9.10. The number of hydrogen-bond donors (Lipinski definition) is 1. The summed E-state index contributed by atoms with van der Waals surface area (Å²) in [7, 11) is 0. The first kappa shape index (κ1) is 14.3. The van der Waals surface area contributed by atoms with E-state index in [2.05, 4.69) is 28.6 Å². The van der Waals surface area contributed by atoms with Gasteiger partial charge in [0, 0.05) is 16.4 Å². The molecular weight excluding hydrogens is 330 g/mol. The SMILES string of the molecule is CCOC(=O)c1cc2c(Br)ccc(OCCS)n2c1. The Balaban J connectivity index is 2.44. The highest BCUT2D eigenvalue weighted by Gasteiger charge is 2.13. The molecule has 2 rings (SSSR count). The maximum Gasteiger partial charge on any atom is 0.339 e. The van der Waals surface area contributed by atoms with Crippen LogP contribution in [0.5, 0.6) is 5.88 Å². The molecule has 0 fully saturated rings. The molecule has 0 aliphatic heterocycles. The van der Waals surface area contributed by atoms with Gasteiger partial charge in [-0.2, -0.15) is 12.6 Å². The Bertz CT molecular complexity index is 597. The minimum absolute atomic E-state index is 0.335. The summed E-state index contributed by atoms with van der Waals surface area (Å²) in [5.41, 5.74) is 1.36. The largest absolute Gasteiger partial charge is 0.478 e. The zero-order valence-corrected chi connectivity index (χ0v) is 12.9. The number of aromatic nitrogens is 1. The maximum atomic E-state index is 11.7. The van der Waals surface area contributed by atoms with Crippen molar-refractivity contribution in [3.63, 3.8) is 0 Å². The van der Waals surface area contributed by atoms with Crippen LogP contribution < -0.4 is 4.74 Å². The monoisotopic (exact) mass is 343 g/mol. The van der Waals surface area contributed by atoms with E-state index >= 15 is 0 Å². The van der Waals surface area contributed by atoms with Crippen LogP contribution in [0.1, 0.15) is 17.3 Å². The molecule has 0 saturated heterocycles. The third-order valence-corrected chi connectivity index (χ3v) is 3.38. The van der Waals surface area contributed by atoms with Crippen molar-refractivity contribution < 1.29 is 14.3 Å². The molecule has 2 heterocycles. The van der Waals surface area contributed by atoms with E-state index in [0.29, 0.717) is 30.4 Å². The summed E-state index contributed by atoms with van der Waals surface area (Å²) in [6.07, 6.45) is 1.71. The number of pyridine rings is 1. The fourth-order valence-electron chi connectivity index (χ4n) is 1.73. The number of halogens is 1. The van der Waals surface area contributed by atoms with E-state index in [1.807, 2.05) is 16.5 Å². The van der Waals surface area contributed by atoms with Crippen molar-refractivity contribution in [2.75, 3.05) is 19.0 Å². The van der Waals surface area contributed by atoms with Crippen LogP contribution >= 0.6 is 28.6 Å². The van der Waals surface area contributed by atoms with Crippen molar-refractivity contribution in [1.82, 2.24) is 4.40 Å². The van der Waals surface area contributed by atoms with Crippen molar-refractivity contribution in [2.24, 2.45) is 0 Å². The average Bonchev–Trinajstić information content (AvgIpc) is 2.84. The standard InChI is InChI=1S/C13H14BrNO3S/c1-2-17-13(16)9-7-11-10(14)3-4-12(15(11)8-9)18-5-6-19/h3-4,7-8,19H,2,5-6H2,1H3. The summed E-state index contributed by atoms with van der Waals surface area (Å²) < 4.78 is 13.3. The number of nitrogens with zero attached hydrogens (tertiary/aromatic N) is 1. The molecule has 0 radical (unpaired) electrons. The van der Waals surface area contributed by atoms with Crippen LogP contribution in [-0.4, -0.2) is 29.3 Å². The van der Waals surface area contributed by atoms with Crippen LogP contribution in [0.15, 0.2) is 28.9 Å². The third-order valence-electron chi connectivity index (χ3n) is 2.53. The zero-order chi connectivity index (χ0) is 13.8. The first-order valence-corrected chi connectivity index (χ1v) is 7.31. The predicted octanol–water partition coefficient (Wildman–Crippen LogP) is 3.19. The second kappa shape index (κ2) is 6.34. The Morgan fingerprint density at radius 3 is 2.95 bits per heavy atom. The maximum absolute atomic E-state index is 11.7. The first-order chi connectivity index (χ1) is 9.17. The Morgan fingerprint density at radius 2 is 2.26 bits per heavy atom. The first-order valence-electron chi connectivity index (χ1n) is 5.88. The molecule has 2 aromatic rings. The number of fused-ring (bicyclic) bond motifs is 1. The van der Waals surface area contributed by atoms with Gasteiger partial charge in [-0.3, -0.25) is 4.40 Å². The normalized spacial score (nSPS) is 10.7. The van der Waals surface area contributed by atoms with E-state index in [1.165, 1.54) is 0 Å². The molecule has 0 N–H and O–H groups in total. The molecule has 0 aliphatic rings. The molecule has 0 atom stereocenters. The zero-order valence-electron chi connectivity index (χ0n) is 10.4. The summed E-state index contributed by atoms with van der Waals surface area (Å²) in [6, 6.07) is 5.50. The summed E-state index contributed by atoms with van der Waals surface area (Å²) in [5, 5.41) is 0. The van der Waals surface area contributed by atoms with Gasteiger partial charge in [-0.25, -0.2) is 4.79 Å². The van der Waals surface area contributed by atoms with Gasteiger partial charge in [-0.1, -0.05) is 0 Å². The molecule has 19 heavy (non-hydrogen) atoms. The molecule has 2 aromatic heterocycles. The van der Waals surface area contributed by atoms with Crippen LogP contribution in [0.3, 0.4) is 0 Å². The number of thiol groups is 1. The van der Waals surface area contributed by atoms with Gasteiger partial charge in [-0.05, 0) is 41.1 Å². The van der Waals surface area contributed by atoms with Crippen LogP contribution in [0, 0.1) is 0 Å². The molecule has 0 bridgehead atoms. The van der Waals surface area contributed by atoms with Gasteiger partial charge in [-0.15, -0.1) is 0 Å². The molecule has 6 heteroatoms. The summed E-state index contributed by atoms with van der Waals surface area (Å²) in [5.74, 6) is 0.963. The molecule has 0 amide bonds. The Labute approximate surface area is 125 Å². The molecular formula is C13H14BrNO3S. The fraction of sp³-hybridized carbons (Fsp3) is 0.308.